The van der Waals surface area contributed by atoms with Crippen molar-refractivity contribution in [1.29, 1.82) is 0 Å². The first-order valence-electron chi connectivity index (χ1n) is 5.32. The second-order valence-electron chi connectivity index (χ2n) is 3.75. The van der Waals surface area contributed by atoms with E-state index >= 15 is 0 Å². The fourth-order valence-corrected chi connectivity index (χ4v) is 2.07. The molecule has 0 saturated heterocycles. The highest BCUT2D eigenvalue weighted by Gasteiger charge is 2.14. The number of aliphatic hydroxyl groups is 1. The van der Waals surface area contributed by atoms with Crippen LogP contribution in [0.5, 0.6) is 0 Å². The van der Waals surface area contributed by atoms with E-state index < -0.39 is 0 Å². The molecule has 0 bridgehead atoms. The molecule has 1 heterocycles. The molecular weight excluding hydrogens is 272 g/mol. The van der Waals surface area contributed by atoms with E-state index in [0.717, 1.165) is 10.9 Å². The largest absolute Gasteiger partial charge is 0.396 e. The smallest absolute Gasteiger partial charge is 0.268 e. The number of halogens is 1. The minimum absolute atomic E-state index is 0.0335. The lowest BCUT2D eigenvalue weighted by molar-refractivity contribution is 0.0921. The van der Waals surface area contributed by atoms with E-state index in [9.17, 15) is 4.79 Å². The molecule has 1 amide bonds. The van der Waals surface area contributed by atoms with Gasteiger partial charge in [0.05, 0.1) is 0 Å². The van der Waals surface area contributed by atoms with Crippen molar-refractivity contribution in [3.05, 3.63) is 22.4 Å². The van der Waals surface area contributed by atoms with Crippen molar-refractivity contribution in [2.75, 3.05) is 6.61 Å². The lowest BCUT2D eigenvalue weighted by Gasteiger charge is -2.15. The molecule has 0 radical (unpaired) electrons. The zero-order valence-corrected chi connectivity index (χ0v) is 11.1. The van der Waals surface area contributed by atoms with Crippen LogP contribution in [0.2, 0.25) is 0 Å². The van der Waals surface area contributed by atoms with Gasteiger partial charge in [-0.05, 0) is 34.8 Å². The summed E-state index contributed by atoms with van der Waals surface area (Å²) in [7, 11) is 1.83. The van der Waals surface area contributed by atoms with Crippen molar-refractivity contribution in [3.63, 3.8) is 0 Å². The third-order valence-electron chi connectivity index (χ3n) is 2.51. The molecule has 90 valence electrons. The SMILES string of the molecule is CCC(CCO)NC(=O)c1cc(Br)cn1C. The average molecular weight is 289 g/mol. The number of carbonyl (C=O) groups is 1. The van der Waals surface area contributed by atoms with Crippen LogP contribution in [-0.2, 0) is 7.05 Å². The Balaban J connectivity index is 2.67. The predicted octanol–water partition coefficient (Wildman–Crippen LogP) is 1.68. The molecule has 5 heteroatoms. The summed E-state index contributed by atoms with van der Waals surface area (Å²) in [4.78, 5) is 11.9. The number of rotatable bonds is 5. The van der Waals surface area contributed by atoms with Gasteiger partial charge >= 0.3 is 0 Å². The van der Waals surface area contributed by atoms with Crippen LogP contribution in [0.4, 0.5) is 0 Å². The number of aryl methyl sites for hydroxylation is 1. The molecule has 0 aliphatic heterocycles. The zero-order chi connectivity index (χ0) is 12.1. The van der Waals surface area contributed by atoms with Gasteiger partial charge in [-0.25, -0.2) is 0 Å². The number of amides is 1. The Hall–Kier alpha value is -0.810. The van der Waals surface area contributed by atoms with Crippen molar-refractivity contribution in [1.82, 2.24) is 9.88 Å². The van der Waals surface area contributed by atoms with E-state index in [1.807, 2.05) is 20.2 Å². The van der Waals surface area contributed by atoms with Crippen LogP contribution in [0.1, 0.15) is 30.3 Å². The Morgan fingerprint density at radius 2 is 2.38 bits per heavy atom. The summed E-state index contributed by atoms with van der Waals surface area (Å²) in [5.74, 6) is -0.103. The molecule has 2 N–H and O–H groups in total. The molecule has 0 saturated carbocycles. The summed E-state index contributed by atoms with van der Waals surface area (Å²) in [5.41, 5.74) is 0.614. The standard InChI is InChI=1S/C11H17BrN2O2/c1-3-9(4-5-15)13-11(16)10-6-8(12)7-14(10)2/h6-7,9,15H,3-5H2,1-2H3,(H,13,16). The summed E-state index contributed by atoms with van der Waals surface area (Å²) < 4.78 is 2.65. The van der Waals surface area contributed by atoms with Crippen LogP contribution in [-0.4, -0.2) is 28.2 Å². The maximum atomic E-state index is 11.9. The number of aliphatic hydroxyl groups excluding tert-OH is 1. The Labute approximate surface area is 104 Å². The average Bonchev–Trinajstić information content (AvgIpc) is 2.57. The number of nitrogens with one attached hydrogen (secondary N) is 1. The second kappa shape index (κ2) is 6.06. The molecule has 0 aliphatic rings. The molecule has 0 spiro atoms. The number of hydrogen-bond donors (Lipinski definition) is 2. The van der Waals surface area contributed by atoms with Crippen LogP contribution < -0.4 is 5.32 Å². The van der Waals surface area contributed by atoms with Gasteiger partial charge in [-0.15, -0.1) is 0 Å². The molecule has 1 aromatic rings. The van der Waals surface area contributed by atoms with Crippen LogP contribution in [0, 0.1) is 0 Å². The van der Waals surface area contributed by atoms with Gasteiger partial charge in [-0.3, -0.25) is 4.79 Å². The quantitative estimate of drug-likeness (QED) is 0.866. The fraction of sp³-hybridized carbons (Fsp3) is 0.545. The fourth-order valence-electron chi connectivity index (χ4n) is 1.54. The van der Waals surface area contributed by atoms with Gasteiger partial charge in [0.25, 0.3) is 5.91 Å². The molecule has 0 fully saturated rings. The number of aromatic nitrogens is 1. The Morgan fingerprint density at radius 3 is 2.81 bits per heavy atom. The Bertz CT molecular complexity index is 363. The van der Waals surface area contributed by atoms with Crippen molar-refractivity contribution < 1.29 is 9.90 Å². The van der Waals surface area contributed by atoms with Gasteiger partial charge in [-0.1, -0.05) is 6.92 Å². The monoisotopic (exact) mass is 288 g/mol. The van der Waals surface area contributed by atoms with Crippen molar-refractivity contribution in [3.8, 4) is 0 Å². The normalized spacial score (nSPS) is 12.5. The molecule has 4 nitrogen and oxygen atoms in total. The summed E-state index contributed by atoms with van der Waals surface area (Å²) in [5, 5.41) is 11.7. The lowest BCUT2D eigenvalue weighted by atomic mass is 10.1. The Kier molecular flexibility index (Phi) is 5.02. The minimum Gasteiger partial charge on any atom is -0.396 e. The third-order valence-corrected chi connectivity index (χ3v) is 2.94. The van der Waals surface area contributed by atoms with Gasteiger partial charge < -0.3 is 15.0 Å². The molecule has 0 aliphatic carbocycles. The van der Waals surface area contributed by atoms with Gasteiger partial charge in [0, 0.05) is 30.4 Å². The van der Waals surface area contributed by atoms with Gasteiger partial charge in [0.2, 0.25) is 0 Å². The topological polar surface area (TPSA) is 54.3 Å². The molecule has 1 atom stereocenters. The van der Waals surface area contributed by atoms with Crippen LogP contribution >= 0.6 is 15.9 Å². The highest BCUT2D eigenvalue weighted by Crippen LogP contribution is 2.13. The number of hydrogen-bond acceptors (Lipinski definition) is 2. The van der Waals surface area contributed by atoms with Gasteiger partial charge in [-0.2, -0.15) is 0 Å². The predicted molar refractivity (Wildman–Crippen MR) is 66.4 cm³/mol. The van der Waals surface area contributed by atoms with E-state index in [2.05, 4.69) is 21.2 Å². The first kappa shape index (κ1) is 13.3. The summed E-state index contributed by atoms with van der Waals surface area (Å²) in [6, 6.07) is 1.81. The van der Waals surface area contributed by atoms with E-state index in [4.69, 9.17) is 5.11 Å². The van der Waals surface area contributed by atoms with Crippen molar-refractivity contribution in [2.45, 2.75) is 25.8 Å². The Morgan fingerprint density at radius 1 is 1.69 bits per heavy atom. The van der Waals surface area contributed by atoms with E-state index in [1.165, 1.54) is 0 Å². The maximum absolute atomic E-state index is 11.9. The van der Waals surface area contributed by atoms with Crippen LogP contribution in [0.15, 0.2) is 16.7 Å². The van der Waals surface area contributed by atoms with Crippen LogP contribution in [0.25, 0.3) is 0 Å². The summed E-state index contributed by atoms with van der Waals surface area (Å²) >= 11 is 3.32. The minimum atomic E-state index is -0.103. The number of carbonyl (C=O) groups excluding carboxylic acids is 1. The van der Waals surface area contributed by atoms with Crippen molar-refractivity contribution >= 4 is 21.8 Å². The van der Waals surface area contributed by atoms with E-state index in [0.29, 0.717) is 12.1 Å². The maximum Gasteiger partial charge on any atom is 0.268 e. The highest BCUT2D eigenvalue weighted by molar-refractivity contribution is 9.10. The summed E-state index contributed by atoms with van der Waals surface area (Å²) in [6.45, 7) is 2.08. The summed E-state index contributed by atoms with van der Waals surface area (Å²) in [6.07, 6.45) is 3.24. The van der Waals surface area contributed by atoms with Gasteiger partial charge in [0.1, 0.15) is 5.69 Å². The number of nitrogens with zero attached hydrogens (tertiary/aromatic N) is 1. The molecular formula is C11H17BrN2O2. The third kappa shape index (κ3) is 3.35. The first-order valence-corrected chi connectivity index (χ1v) is 6.11. The molecule has 0 aromatic carbocycles. The second-order valence-corrected chi connectivity index (χ2v) is 4.66. The molecule has 16 heavy (non-hydrogen) atoms. The van der Waals surface area contributed by atoms with E-state index in [-0.39, 0.29) is 18.6 Å². The molecule has 1 aromatic heterocycles. The van der Waals surface area contributed by atoms with Crippen molar-refractivity contribution in [2.24, 2.45) is 7.05 Å². The lowest BCUT2D eigenvalue weighted by Crippen LogP contribution is -2.35. The van der Waals surface area contributed by atoms with Crippen LogP contribution in [0.3, 0.4) is 0 Å². The highest BCUT2D eigenvalue weighted by atomic mass is 79.9. The zero-order valence-electron chi connectivity index (χ0n) is 9.53. The molecule has 1 unspecified atom stereocenters. The molecule has 1 rings (SSSR count). The van der Waals surface area contributed by atoms with E-state index in [1.54, 1.807) is 10.6 Å². The van der Waals surface area contributed by atoms with Gasteiger partial charge in [0.15, 0.2) is 0 Å². The first-order chi connectivity index (χ1) is 7.58.